The number of benzene rings is 1. The average Bonchev–Trinajstić information content (AvgIpc) is 2.45. The number of carbonyl (C=O) groups excluding carboxylic acids is 1. The maximum Gasteiger partial charge on any atom is 0.283 e. The number of aromatic nitrogens is 1. The highest BCUT2D eigenvalue weighted by atomic mass is 35.5. The smallest absolute Gasteiger partial charge is 0.283 e. The second-order valence-corrected chi connectivity index (χ2v) is 6.21. The van der Waals surface area contributed by atoms with Gasteiger partial charge in [0, 0.05) is 12.1 Å². The van der Waals surface area contributed by atoms with Crippen LogP contribution in [0.3, 0.4) is 0 Å². The topological polar surface area (TPSA) is 85.4 Å². The summed E-state index contributed by atoms with van der Waals surface area (Å²) in [7, 11) is -3.47. The minimum absolute atomic E-state index is 0.121. The molecule has 2 rings (SSSR count). The fraction of sp³-hybridized carbons (Fsp3) is 0.0769. The van der Waals surface area contributed by atoms with Crippen LogP contribution in [0.25, 0.3) is 0 Å². The summed E-state index contributed by atoms with van der Waals surface area (Å²) in [5, 5.41) is -0.121. The number of sulfonamides is 1. The molecule has 0 aliphatic heterocycles. The molecule has 0 aliphatic carbocycles. The first-order valence-corrected chi connectivity index (χ1v) is 7.83. The van der Waals surface area contributed by atoms with E-state index in [1.807, 2.05) is 0 Å². The number of carbonyl (C=O) groups is 1. The predicted octanol–water partition coefficient (Wildman–Crippen LogP) is 2.14. The van der Waals surface area contributed by atoms with Crippen molar-refractivity contribution in [1.82, 2.24) is 9.71 Å². The Hall–Kier alpha value is -2.26. The van der Waals surface area contributed by atoms with Crippen LogP contribution in [0.1, 0.15) is 10.5 Å². The number of hydrogen-bond acceptors (Lipinski definition) is 5. The number of halogens is 3. The minimum Gasteiger partial charge on any atom is -0.497 e. The second kappa shape index (κ2) is 6.47. The fourth-order valence-electron chi connectivity index (χ4n) is 1.67. The summed E-state index contributed by atoms with van der Waals surface area (Å²) >= 11 is 5.67. The van der Waals surface area contributed by atoms with Gasteiger partial charge in [-0.1, -0.05) is 17.7 Å². The second-order valence-electron chi connectivity index (χ2n) is 4.20. The molecule has 1 aromatic carbocycles. The quantitative estimate of drug-likeness (QED) is 0.842. The summed E-state index contributed by atoms with van der Waals surface area (Å²) in [6.45, 7) is 0. The third-order valence-electron chi connectivity index (χ3n) is 2.65. The third kappa shape index (κ3) is 3.74. The van der Waals surface area contributed by atoms with Gasteiger partial charge in [0.1, 0.15) is 28.2 Å². The highest BCUT2D eigenvalue weighted by Crippen LogP contribution is 2.20. The van der Waals surface area contributed by atoms with Gasteiger partial charge in [-0.2, -0.15) is 0 Å². The standard InChI is InChI=1S/C13H9ClF2N2O4S/c1-22-7-5-10(17-11(14)6-7)13(19)18-23(20,21)12-8(15)3-2-4-9(12)16/h2-6H,1H3,(H,18,19). The normalized spacial score (nSPS) is 11.1. The van der Waals surface area contributed by atoms with Gasteiger partial charge in [0.05, 0.1) is 7.11 Å². The van der Waals surface area contributed by atoms with Crippen LogP contribution >= 0.6 is 11.6 Å². The number of pyridine rings is 1. The third-order valence-corrected chi connectivity index (χ3v) is 4.23. The zero-order chi connectivity index (χ0) is 17.2. The van der Waals surface area contributed by atoms with E-state index in [1.165, 1.54) is 17.9 Å². The van der Waals surface area contributed by atoms with Gasteiger partial charge in [-0.15, -0.1) is 0 Å². The Balaban J connectivity index is 2.38. The summed E-state index contributed by atoms with van der Waals surface area (Å²) in [5.41, 5.74) is -0.394. The monoisotopic (exact) mass is 362 g/mol. The maximum atomic E-state index is 13.6. The summed E-state index contributed by atoms with van der Waals surface area (Å²) in [5.74, 6) is -3.72. The van der Waals surface area contributed by atoms with Gasteiger partial charge in [0.15, 0.2) is 4.90 Å². The molecule has 122 valence electrons. The lowest BCUT2D eigenvalue weighted by Crippen LogP contribution is -2.32. The molecule has 1 N–H and O–H groups in total. The number of rotatable bonds is 4. The first-order chi connectivity index (χ1) is 10.7. The molecule has 0 radical (unpaired) electrons. The Bertz CT molecular complexity index is 854. The first kappa shape index (κ1) is 17.1. The highest BCUT2D eigenvalue weighted by molar-refractivity contribution is 7.90. The Kier molecular flexibility index (Phi) is 4.81. The molecule has 0 unspecified atom stereocenters. The lowest BCUT2D eigenvalue weighted by Gasteiger charge is -2.09. The molecular weight excluding hydrogens is 354 g/mol. The van der Waals surface area contributed by atoms with Crippen LogP contribution in [0, 0.1) is 11.6 Å². The van der Waals surface area contributed by atoms with Crippen molar-refractivity contribution in [2.75, 3.05) is 7.11 Å². The molecule has 23 heavy (non-hydrogen) atoms. The molecule has 0 bridgehead atoms. The van der Waals surface area contributed by atoms with Crippen molar-refractivity contribution in [3.05, 3.63) is 52.8 Å². The van der Waals surface area contributed by atoms with E-state index in [1.54, 1.807) is 0 Å². The Labute approximate surface area is 135 Å². The molecule has 6 nitrogen and oxygen atoms in total. The first-order valence-electron chi connectivity index (χ1n) is 5.97. The van der Waals surface area contributed by atoms with Crippen LogP contribution in [0.4, 0.5) is 8.78 Å². The lowest BCUT2D eigenvalue weighted by atomic mass is 10.3. The van der Waals surface area contributed by atoms with Gasteiger partial charge < -0.3 is 4.74 Å². The van der Waals surface area contributed by atoms with Crippen molar-refractivity contribution in [3.8, 4) is 5.75 Å². The van der Waals surface area contributed by atoms with Crippen LogP contribution in [0.2, 0.25) is 5.15 Å². The minimum atomic E-state index is -4.77. The van der Waals surface area contributed by atoms with Crippen molar-refractivity contribution in [2.45, 2.75) is 4.90 Å². The van der Waals surface area contributed by atoms with E-state index >= 15 is 0 Å². The van der Waals surface area contributed by atoms with Gasteiger partial charge in [-0.05, 0) is 12.1 Å². The van der Waals surface area contributed by atoms with Crippen molar-refractivity contribution >= 4 is 27.5 Å². The average molecular weight is 363 g/mol. The molecule has 0 spiro atoms. The van der Waals surface area contributed by atoms with Crippen molar-refractivity contribution < 1.29 is 26.7 Å². The summed E-state index contributed by atoms with van der Waals surface area (Å²) < 4.78 is 57.5. The Morgan fingerprint density at radius 3 is 2.43 bits per heavy atom. The van der Waals surface area contributed by atoms with Crippen molar-refractivity contribution in [1.29, 1.82) is 0 Å². The van der Waals surface area contributed by atoms with E-state index in [0.717, 1.165) is 24.3 Å². The van der Waals surface area contributed by atoms with Gasteiger partial charge in [0.25, 0.3) is 15.9 Å². The summed E-state index contributed by atoms with van der Waals surface area (Å²) in [4.78, 5) is 14.3. The molecule has 0 fully saturated rings. The van der Waals surface area contributed by atoms with E-state index in [4.69, 9.17) is 16.3 Å². The number of ether oxygens (including phenoxy) is 1. The Morgan fingerprint density at radius 1 is 1.26 bits per heavy atom. The van der Waals surface area contributed by atoms with Gasteiger partial charge in [0.2, 0.25) is 0 Å². The van der Waals surface area contributed by atoms with Crippen molar-refractivity contribution in [2.24, 2.45) is 0 Å². The van der Waals surface area contributed by atoms with E-state index in [0.29, 0.717) is 0 Å². The SMILES string of the molecule is COc1cc(Cl)nc(C(=O)NS(=O)(=O)c2c(F)cccc2F)c1. The molecule has 10 heteroatoms. The predicted molar refractivity (Wildman–Crippen MR) is 76.8 cm³/mol. The van der Waals surface area contributed by atoms with Crippen LogP contribution in [0.5, 0.6) is 5.75 Å². The van der Waals surface area contributed by atoms with Crippen molar-refractivity contribution in [3.63, 3.8) is 0 Å². The molecular formula is C13H9ClF2N2O4S. The summed E-state index contributed by atoms with van der Waals surface area (Å²) in [6.07, 6.45) is 0. The van der Waals surface area contributed by atoms with Gasteiger partial charge in [-0.25, -0.2) is 26.9 Å². The van der Waals surface area contributed by atoms with Crippen LogP contribution in [-0.2, 0) is 10.0 Å². The lowest BCUT2D eigenvalue weighted by molar-refractivity contribution is 0.0976. The van der Waals surface area contributed by atoms with Gasteiger partial charge in [-0.3, -0.25) is 4.79 Å². The molecule has 0 atom stereocenters. The molecule has 1 amide bonds. The molecule has 0 saturated carbocycles. The molecule has 1 aromatic heterocycles. The number of nitrogens with one attached hydrogen (secondary N) is 1. The zero-order valence-corrected chi connectivity index (χ0v) is 13.1. The van der Waals surface area contributed by atoms with E-state index in [-0.39, 0.29) is 10.9 Å². The molecule has 2 aromatic rings. The van der Waals surface area contributed by atoms with E-state index in [2.05, 4.69) is 4.98 Å². The molecule has 0 saturated heterocycles. The van der Waals surface area contributed by atoms with Crippen LogP contribution in [0.15, 0.2) is 35.2 Å². The fourth-order valence-corrected chi connectivity index (χ4v) is 2.97. The maximum absolute atomic E-state index is 13.6. The number of methoxy groups -OCH3 is 1. The Morgan fingerprint density at radius 2 is 1.87 bits per heavy atom. The number of nitrogens with zero attached hydrogens (tertiary/aromatic N) is 1. The highest BCUT2D eigenvalue weighted by Gasteiger charge is 2.27. The van der Waals surface area contributed by atoms with Gasteiger partial charge >= 0.3 is 0 Å². The summed E-state index contributed by atoms with van der Waals surface area (Å²) in [6, 6.07) is 4.91. The van der Waals surface area contributed by atoms with E-state index < -0.39 is 38.2 Å². The largest absolute Gasteiger partial charge is 0.497 e. The van der Waals surface area contributed by atoms with Crippen LogP contribution < -0.4 is 9.46 Å². The molecule has 1 heterocycles. The van der Waals surface area contributed by atoms with Crippen LogP contribution in [-0.4, -0.2) is 26.4 Å². The zero-order valence-electron chi connectivity index (χ0n) is 11.5. The molecule has 0 aliphatic rings. The number of hydrogen-bond donors (Lipinski definition) is 1. The van der Waals surface area contributed by atoms with E-state index in [9.17, 15) is 22.0 Å². The number of amides is 1.